The van der Waals surface area contributed by atoms with E-state index in [0.29, 0.717) is 5.70 Å². The van der Waals surface area contributed by atoms with Crippen molar-refractivity contribution in [2.75, 3.05) is 7.05 Å². The van der Waals surface area contributed by atoms with E-state index in [1.54, 1.807) is 25.6 Å². The fraction of sp³-hybridized carbons (Fsp3) is 0.556. The van der Waals surface area contributed by atoms with Crippen LogP contribution < -0.4 is 5.73 Å². The van der Waals surface area contributed by atoms with Crippen molar-refractivity contribution in [3.8, 4) is 0 Å². The predicted octanol–water partition coefficient (Wildman–Crippen LogP) is 1.44. The number of nitrogens with two attached hydrogens (primary N) is 1. The maximum atomic E-state index is 5.59. The molecular weight excluding hydrogens is 161 g/mol. The smallest absolute Gasteiger partial charge is 0.280 e. The third kappa shape index (κ3) is 8.85. The summed E-state index contributed by atoms with van der Waals surface area (Å²) in [6.07, 6.45) is 4.96. The Labute approximate surface area is 81.1 Å². The van der Waals surface area contributed by atoms with Gasteiger partial charge in [-0.1, -0.05) is 20.8 Å². The first-order valence-corrected chi connectivity index (χ1v) is 4.21. The van der Waals surface area contributed by atoms with E-state index in [4.69, 9.17) is 5.73 Å². The van der Waals surface area contributed by atoms with Crippen molar-refractivity contribution in [3.63, 3.8) is 0 Å². The van der Waals surface area contributed by atoms with Crippen LogP contribution in [-0.2, 0) is 0 Å². The van der Waals surface area contributed by atoms with Gasteiger partial charge in [0.05, 0.1) is 0 Å². The molecule has 0 saturated heterocycles. The van der Waals surface area contributed by atoms with Crippen molar-refractivity contribution < 1.29 is 0 Å². The molecule has 0 aromatic carbocycles. The molecule has 0 rings (SSSR count). The van der Waals surface area contributed by atoms with Crippen LogP contribution in [0, 0.1) is 0 Å². The second-order valence-electron chi connectivity index (χ2n) is 3.85. The Balaban J connectivity index is 3.99. The fourth-order valence-corrected chi connectivity index (χ4v) is 0.551. The zero-order chi connectivity index (χ0) is 10.3. The molecule has 0 atom stereocenters. The largest absolute Gasteiger partial charge is 0.397 e. The second-order valence-corrected chi connectivity index (χ2v) is 3.85. The van der Waals surface area contributed by atoms with Gasteiger partial charge in [0.25, 0.3) is 7.41 Å². The van der Waals surface area contributed by atoms with Crippen LogP contribution in [0.4, 0.5) is 0 Å². The number of allylic oxidation sites excluding steroid dienone is 2. The van der Waals surface area contributed by atoms with Gasteiger partial charge in [-0.15, -0.1) is 0 Å². The minimum absolute atomic E-state index is 0.0929. The molecule has 0 aliphatic heterocycles. The van der Waals surface area contributed by atoms with Crippen molar-refractivity contribution in [3.05, 3.63) is 11.8 Å². The van der Waals surface area contributed by atoms with Gasteiger partial charge in [0.2, 0.25) is 0 Å². The topological polar surface area (TPSA) is 50.7 Å². The van der Waals surface area contributed by atoms with Crippen LogP contribution in [0.25, 0.3) is 0 Å². The van der Waals surface area contributed by atoms with Crippen LogP contribution in [0.15, 0.2) is 21.7 Å². The van der Waals surface area contributed by atoms with E-state index in [0.717, 1.165) is 0 Å². The van der Waals surface area contributed by atoms with Gasteiger partial charge in [-0.25, -0.2) is 0 Å². The first-order chi connectivity index (χ1) is 5.95. The third-order valence-corrected chi connectivity index (χ3v) is 1.10. The van der Waals surface area contributed by atoms with E-state index in [2.05, 4.69) is 30.7 Å². The van der Waals surface area contributed by atoms with Crippen LogP contribution >= 0.6 is 0 Å². The normalized spacial score (nSPS) is 14.3. The van der Waals surface area contributed by atoms with Crippen molar-refractivity contribution >= 4 is 19.8 Å². The lowest BCUT2D eigenvalue weighted by Gasteiger charge is -2.11. The van der Waals surface area contributed by atoms with Gasteiger partial charge in [-0.3, -0.25) is 4.99 Å². The maximum absolute atomic E-state index is 5.59. The number of hydrogen-bond donors (Lipinski definition) is 1. The summed E-state index contributed by atoms with van der Waals surface area (Å²) in [7, 11) is 3.55. The molecule has 0 spiro atoms. The molecule has 0 amide bonds. The Morgan fingerprint density at radius 2 is 2.00 bits per heavy atom. The van der Waals surface area contributed by atoms with Gasteiger partial charge in [-0.2, -0.15) is 0 Å². The van der Waals surface area contributed by atoms with Crippen LogP contribution in [0.3, 0.4) is 0 Å². The van der Waals surface area contributed by atoms with Gasteiger partial charge in [-0.05, 0) is 11.4 Å². The first kappa shape index (κ1) is 11.9. The summed E-state index contributed by atoms with van der Waals surface area (Å²) in [6, 6.07) is 0. The van der Waals surface area contributed by atoms with E-state index < -0.39 is 0 Å². The molecule has 2 N–H and O–H groups in total. The number of hydrogen-bond acceptors (Lipinski definition) is 3. The molecular formula is C9H17BN3. The molecule has 0 bridgehead atoms. The van der Waals surface area contributed by atoms with E-state index in [-0.39, 0.29) is 5.31 Å². The zero-order valence-electron chi connectivity index (χ0n) is 8.78. The molecule has 4 heteroatoms. The highest BCUT2D eigenvalue weighted by atomic mass is 14.7. The summed E-state index contributed by atoms with van der Waals surface area (Å²) in [6.45, 7) is 6.24. The molecule has 0 aliphatic carbocycles. The van der Waals surface area contributed by atoms with Crippen LogP contribution in [0.1, 0.15) is 20.8 Å². The van der Waals surface area contributed by atoms with E-state index in [9.17, 15) is 0 Å². The fourth-order valence-electron chi connectivity index (χ4n) is 0.551. The highest BCUT2D eigenvalue weighted by Crippen LogP contribution is 2.19. The minimum atomic E-state index is 0.0929. The lowest BCUT2D eigenvalue weighted by Crippen LogP contribution is -2.07. The average Bonchev–Trinajstić information content (AvgIpc) is 1.98. The second kappa shape index (κ2) is 5.57. The molecule has 13 heavy (non-hydrogen) atoms. The monoisotopic (exact) mass is 178 g/mol. The molecule has 1 radical (unpaired) electrons. The first-order valence-electron chi connectivity index (χ1n) is 4.21. The summed E-state index contributed by atoms with van der Waals surface area (Å²) in [5.74, 6) is 0. The number of aliphatic imine (C=N–C) groups is 1. The van der Waals surface area contributed by atoms with Gasteiger partial charge < -0.3 is 10.6 Å². The van der Waals surface area contributed by atoms with Crippen LogP contribution in [-0.4, -0.2) is 26.9 Å². The highest BCUT2D eigenvalue weighted by Gasteiger charge is 2.10. The molecule has 71 valence electrons. The van der Waals surface area contributed by atoms with E-state index in [1.165, 1.54) is 0 Å². The Kier molecular flexibility index (Phi) is 5.11. The van der Waals surface area contributed by atoms with Crippen LogP contribution in [0.2, 0.25) is 5.31 Å². The van der Waals surface area contributed by atoms with E-state index >= 15 is 0 Å². The van der Waals surface area contributed by atoms with Crippen molar-refractivity contribution in [1.29, 1.82) is 0 Å². The summed E-state index contributed by atoms with van der Waals surface area (Å²) in [5.41, 5.74) is 6.19. The standard InChI is InChI=1S/C9H17BN3/c1-9(2,3)10-13-7-8(11)5-6-12-4/h5-7H,11H2,1-4H3. The number of nitrogens with zero attached hydrogens (tertiary/aromatic N) is 2. The lowest BCUT2D eigenvalue weighted by atomic mass is 9.65. The quantitative estimate of drug-likeness (QED) is 0.515. The molecule has 0 unspecified atom stereocenters. The molecule has 0 aromatic rings. The highest BCUT2D eigenvalue weighted by molar-refractivity contribution is 6.39. The lowest BCUT2D eigenvalue weighted by molar-refractivity contribution is 0.752. The molecule has 0 heterocycles. The van der Waals surface area contributed by atoms with Crippen molar-refractivity contribution in [1.82, 2.24) is 0 Å². The van der Waals surface area contributed by atoms with Crippen LogP contribution in [0.5, 0.6) is 0 Å². The summed E-state index contributed by atoms with van der Waals surface area (Å²) in [5, 5.41) is 0.0929. The maximum Gasteiger partial charge on any atom is 0.280 e. The Morgan fingerprint density at radius 1 is 1.38 bits per heavy atom. The average molecular weight is 178 g/mol. The van der Waals surface area contributed by atoms with Gasteiger partial charge >= 0.3 is 0 Å². The van der Waals surface area contributed by atoms with Crippen molar-refractivity contribution in [2.24, 2.45) is 15.6 Å². The van der Waals surface area contributed by atoms with Crippen molar-refractivity contribution in [2.45, 2.75) is 26.1 Å². The molecule has 0 saturated carbocycles. The summed E-state index contributed by atoms with van der Waals surface area (Å²) in [4.78, 5) is 7.87. The van der Waals surface area contributed by atoms with Gasteiger partial charge in [0.1, 0.15) is 0 Å². The molecule has 0 aromatic heterocycles. The summed E-state index contributed by atoms with van der Waals surface area (Å²) < 4.78 is 0. The SMILES string of the molecule is CN=CC=C(N)C=N[B]C(C)(C)C. The third-order valence-electron chi connectivity index (χ3n) is 1.10. The molecule has 0 aliphatic rings. The molecule has 0 fully saturated rings. The Hall–Kier alpha value is -1.06. The Bertz CT molecular complexity index is 224. The zero-order valence-corrected chi connectivity index (χ0v) is 8.78. The Morgan fingerprint density at radius 3 is 2.46 bits per heavy atom. The van der Waals surface area contributed by atoms with E-state index in [1.807, 2.05) is 7.41 Å². The number of rotatable bonds is 3. The van der Waals surface area contributed by atoms with Gasteiger partial charge in [0, 0.05) is 25.2 Å². The summed E-state index contributed by atoms with van der Waals surface area (Å²) >= 11 is 0. The van der Waals surface area contributed by atoms with Gasteiger partial charge in [0.15, 0.2) is 0 Å². The minimum Gasteiger partial charge on any atom is -0.397 e. The molecule has 3 nitrogen and oxygen atoms in total. The predicted molar refractivity (Wildman–Crippen MR) is 60.6 cm³/mol.